The number of ether oxygens (including phenoxy) is 3. The third-order valence-electron chi connectivity index (χ3n) is 4.63. The molecule has 1 amide bonds. The van der Waals surface area contributed by atoms with Crippen LogP contribution in [0.1, 0.15) is 29.8 Å². The van der Waals surface area contributed by atoms with Crippen LogP contribution in [0.4, 0.5) is 19.0 Å². The van der Waals surface area contributed by atoms with E-state index >= 15 is 0 Å². The van der Waals surface area contributed by atoms with Crippen molar-refractivity contribution in [2.24, 2.45) is 0 Å². The molecule has 1 saturated heterocycles. The summed E-state index contributed by atoms with van der Waals surface area (Å²) in [7, 11) is 1.43. The van der Waals surface area contributed by atoms with E-state index in [1.807, 2.05) is 13.8 Å². The molecule has 166 valence electrons. The number of rotatable bonds is 9. The lowest BCUT2D eigenvalue weighted by atomic mass is 10.1. The van der Waals surface area contributed by atoms with Crippen molar-refractivity contribution >= 4 is 33.3 Å². The normalized spacial score (nSPS) is 15.1. The molecule has 0 aliphatic carbocycles. The van der Waals surface area contributed by atoms with Crippen molar-refractivity contribution in [3.8, 4) is 0 Å². The number of alkyl halides is 3. The van der Waals surface area contributed by atoms with Crippen LogP contribution in [0.2, 0.25) is 0 Å². The third kappa shape index (κ3) is 4.85. The molecule has 2 aromatic heterocycles. The Kier molecular flexibility index (Phi) is 7.17. The van der Waals surface area contributed by atoms with Gasteiger partial charge >= 0.3 is 6.18 Å². The van der Waals surface area contributed by atoms with Crippen molar-refractivity contribution in [2.75, 3.05) is 44.9 Å². The maximum Gasteiger partial charge on any atom is 0.417 e. The molecule has 7 nitrogen and oxygen atoms in total. The molecule has 0 aromatic carbocycles. The lowest BCUT2D eigenvalue weighted by molar-refractivity contribution is -0.177. The minimum absolute atomic E-state index is 0.0468. The zero-order valence-corrected chi connectivity index (χ0v) is 17.7. The number of hydrogen-bond donors (Lipinski definition) is 1. The fourth-order valence-corrected chi connectivity index (χ4v) is 4.15. The highest BCUT2D eigenvalue weighted by Gasteiger charge is 2.37. The van der Waals surface area contributed by atoms with E-state index in [1.165, 1.54) is 12.4 Å². The SMILES string of the molecule is CCOC(COC1CN(c2cc(C(F)(F)F)c3scc(C(=O)NC)c3n2)C1)OCC. The number of pyridine rings is 1. The van der Waals surface area contributed by atoms with Crippen LogP contribution in [0.15, 0.2) is 11.4 Å². The molecule has 30 heavy (non-hydrogen) atoms. The van der Waals surface area contributed by atoms with E-state index in [9.17, 15) is 18.0 Å². The van der Waals surface area contributed by atoms with Gasteiger partial charge in [-0.1, -0.05) is 0 Å². The zero-order chi connectivity index (χ0) is 21.9. The number of nitrogens with zero attached hydrogens (tertiary/aromatic N) is 2. The number of aromatic nitrogens is 1. The Bertz CT molecular complexity index is 878. The molecular weight excluding hydrogens is 423 g/mol. The van der Waals surface area contributed by atoms with E-state index in [4.69, 9.17) is 14.2 Å². The summed E-state index contributed by atoms with van der Waals surface area (Å²) in [6.45, 7) is 5.71. The average molecular weight is 447 g/mol. The molecule has 0 radical (unpaired) electrons. The fourth-order valence-electron chi connectivity index (χ4n) is 3.12. The first-order chi connectivity index (χ1) is 14.3. The lowest BCUT2D eigenvalue weighted by Crippen LogP contribution is -2.53. The van der Waals surface area contributed by atoms with E-state index < -0.39 is 23.9 Å². The Morgan fingerprint density at radius 1 is 1.33 bits per heavy atom. The van der Waals surface area contributed by atoms with Gasteiger partial charge < -0.3 is 24.4 Å². The standard InChI is InChI=1S/C19H24F3N3O4S/c1-4-27-15(28-5-2)9-29-11-7-25(8-11)14-6-13(19(20,21)22)17-16(24-14)12(10-30-17)18(26)23-3/h6,10-11,15H,4-5,7-9H2,1-3H3,(H,23,26). The summed E-state index contributed by atoms with van der Waals surface area (Å²) in [5.41, 5.74) is -0.601. The first kappa shape index (κ1) is 22.7. The van der Waals surface area contributed by atoms with Gasteiger partial charge in [-0.3, -0.25) is 4.79 Å². The van der Waals surface area contributed by atoms with Gasteiger partial charge in [0.05, 0.1) is 34.1 Å². The fraction of sp³-hybridized carbons (Fsp3) is 0.579. The molecule has 0 atom stereocenters. The predicted octanol–water partition coefficient (Wildman–Crippen LogP) is 3.28. The molecule has 0 saturated carbocycles. The molecule has 3 rings (SSSR count). The molecule has 2 aromatic rings. The van der Waals surface area contributed by atoms with Crippen molar-refractivity contribution in [3.05, 3.63) is 22.6 Å². The average Bonchev–Trinajstić information content (AvgIpc) is 3.08. The number of thiophene rings is 1. The van der Waals surface area contributed by atoms with E-state index in [0.29, 0.717) is 26.3 Å². The Morgan fingerprint density at radius 2 is 2.00 bits per heavy atom. The van der Waals surface area contributed by atoms with Crippen LogP contribution < -0.4 is 10.2 Å². The third-order valence-corrected chi connectivity index (χ3v) is 5.63. The van der Waals surface area contributed by atoms with Crippen molar-refractivity contribution in [1.29, 1.82) is 0 Å². The van der Waals surface area contributed by atoms with E-state index in [0.717, 1.165) is 17.4 Å². The number of anilines is 1. The number of fused-ring (bicyclic) bond motifs is 1. The Hall–Kier alpha value is -1.95. The van der Waals surface area contributed by atoms with Crippen molar-refractivity contribution in [1.82, 2.24) is 10.3 Å². The summed E-state index contributed by atoms with van der Waals surface area (Å²) in [6.07, 6.45) is -5.19. The van der Waals surface area contributed by atoms with Crippen LogP contribution in [0, 0.1) is 0 Å². The summed E-state index contributed by atoms with van der Waals surface area (Å²) in [5, 5.41) is 3.84. The summed E-state index contributed by atoms with van der Waals surface area (Å²) in [4.78, 5) is 18.1. The minimum Gasteiger partial charge on any atom is -0.369 e. The molecule has 11 heteroatoms. The molecule has 0 spiro atoms. The summed E-state index contributed by atoms with van der Waals surface area (Å²) in [6, 6.07) is 1.03. The number of amides is 1. The monoisotopic (exact) mass is 447 g/mol. The van der Waals surface area contributed by atoms with Crippen molar-refractivity contribution < 1.29 is 32.2 Å². The molecule has 1 aliphatic rings. The maximum absolute atomic E-state index is 13.6. The van der Waals surface area contributed by atoms with Gasteiger partial charge in [-0.25, -0.2) is 4.98 Å². The maximum atomic E-state index is 13.6. The highest BCUT2D eigenvalue weighted by molar-refractivity contribution is 7.17. The highest BCUT2D eigenvalue weighted by atomic mass is 32.1. The van der Waals surface area contributed by atoms with Gasteiger partial charge in [-0.2, -0.15) is 13.2 Å². The van der Waals surface area contributed by atoms with Gasteiger partial charge in [0.25, 0.3) is 5.91 Å². The summed E-state index contributed by atoms with van der Waals surface area (Å²) >= 11 is 0.864. The van der Waals surface area contributed by atoms with Gasteiger partial charge in [-0.05, 0) is 19.9 Å². The molecule has 1 N–H and O–H groups in total. The number of halogens is 3. The van der Waals surface area contributed by atoms with Gasteiger partial charge in [-0.15, -0.1) is 11.3 Å². The smallest absolute Gasteiger partial charge is 0.369 e. The van der Waals surface area contributed by atoms with Gasteiger partial charge in [0.2, 0.25) is 0 Å². The molecule has 0 bridgehead atoms. The van der Waals surface area contributed by atoms with Crippen molar-refractivity contribution in [3.63, 3.8) is 0 Å². The van der Waals surface area contributed by atoms with Crippen LogP contribution in [-0.4, -0.2) is 63.2 Å². The van der Waals surface area contributed by atoms with E-state index in [2.05, 4.69) is 10.3 Å². The van der Waals surface area contributed by atoms with Crippen LogP contribution in [-0.2, 0) is 20.4 Å². The van der Waals surface area contributed by atoms with Crippen LogP contribution >= 0.6 is 11.3 Å². The molecular formula is C19H24F3N3O4S. The Morgan fingerprint density at radius 3 is 2.57 bits per heavy atom. The number of carbonyl (C=O) groups is 1. The van der Waals surface area contributed by atoms with Crippen LogP contribution in [0.25, 0.3) is 10.2 Å². The second-order valence-corrected chi connectivity index (χ2v) is 7.51. The van der Waals surface area contributed by atoms with Gasteiger partial charge in [0.1, 0.15) is 5.82 Å². The minimum atomic E-state index is -4.55. The zero-order valence-electron chi connectivity index (χ0n) is 16.9. The summed E-state index contributed by atoms with van der Waals surface area (Å²) < 4.78 is 57.4. The largest absolute Gasteiger partial charge is 0.417 e. The van der Waals surface area contributed by atoms with Gasteiger partial charge in [0, 0.05) is 38.7 Å². The molecule has 3 heterocycles. The first-order valence-electron chi connectivity index (χ1n) is 9.59. The first-order valence-corrected chi connectivity index (χ1v) is 10.5. The molecule has 1 aliphatic heterocycles. The number of hydrogen-bond acceptors (Lipinski definition) is 7. The van der Waals surface area contributed by atoms with Gasteiger partial charge in [0.15, 0.2) is 6.29 Å². The lowest BCUT2D eigenvalue weighted by Gasteiger charge is -2.40. The highest BCUT2D eigenvalue weighted by Crippen LogP contribution is 2.40. The van der Waals surface area contributed by atoms with Crippen LogP contribution in [0.5, 0.6) is 0 Å². The predicted molar refractivity (Wildman–Crippen MR) is 107 cm³/mol. The number of carbonyl (C=O) groups excluding carboxylic acids is 1. The Labute approximate surface area is 176 Å². The Balaban J connectivity index is 1.76. The molecule has 1 fully saturated rings. The molecule has 0 unspecified atom stereocenters. The van der Waals surface area contributed by atoms with E-state index in [-0.39, 0.29) is 34.3 Å². The van der Waals surface area contributed by atoms with E-state index in [1.54, 1.807) is 4.90 Å². The second-order valence-electron chi connectivity index (χ2n) is 6.63. The van der Waals surface area contributed by atoms with Crippen molar-refractivity contribution in [2.45, 2.75) is 32.4 Å². The quantitative estimate of drug-likeness (QED) is 0.595. The summed E-state index contributed by atoms with van der Waals surface area (Å²) in [5.74, 6) is -0.300. The van der Waals surface area contributed by atoms with Crippen LogP contribution in [0.3, 0.4) is 0 Å². The second kappa shape index (κ2) is 9.46. The topological polar surface area (TPSA) is 72.9 Å². The number of nitrogens with one attached hydrogen (secondary N) is 1.